The molecule has 2 aromatic rings. The molecule has 1 aliphatic heterocycles. The van der Waals surface area contributed by atoms with Crippen LogP contribution >= 0.6 is 0 Å². The molecule has 1 saturated heterocycles. The van der Waals surface area contributed by atoms with Crippen molar-refractivity contribution in [3.63, 3.8) is 0 Å². The number of fused-ring (bicyclic) bond motifs is 1. The summed E-state index contributed by atoms with van der Waals surface area (Å²) in [5.74, 6) is 2.07. The number of carbonyl (C=O) groups excluding carboxylic acids is 1. The van der Waals surface area contributed by atoms with Gasteiger partial charge in [0.25, 0.3) is 5.91 Å². The highest BCUT2D eigenvalue weighted by molar-refractivity contribution is 5.90. The molecule has 0 bridgehead atoms. The van der Waals surface area contributed by atoms with Crippen molar-refractivity contribution in [3.8, 4) is 5.75 Å². The number of β-lactam (4-membered cyclic amide) rings is 1. The highest BCUT2D eigenvalue weighted by atomic mass is 16.6. The molecule has 2 saturated carbocycles. The van der Waals surface area contributed by atoms with Gasteiger partial charge in [-0.1, -0.05) is 56.3 Å². The van der Waals surface area contributed by atoms with Crippen molar-refractivity contribution in [1.82, 2.24) is 4.90 Å². The van der Waals surface area contributed by atoms with Crippen LogP contribution in [0.2, 0.25) is 0 Å². The van der Waals surface area contributed by atoms with E-state index < -0.39 is 6.10 Å². The standard InChI is InChI=1S/C29H35NO4/c1-28(2)22-17-24(29(3,33-5)18-23(22)28)34-26-25(20-11-13-21(32-4)14-12-20)30(27(26)31)16-15-19-9-7-6-8-10-19/h6-16,22-26H,17-18H2,1-5H3/b16-15+/t22-,23+,24-,25-,26+,29-/m1/s1. The van der Waals surface area contributed by atoms with E-state index in [1.807, 2.05) is 66.9 Å². The van der Waals surface area contributed by atoms with Crippen LogP contribution in [0.4, 0.5) is 0 Å². The molecule has 180 valence electrons. The molecule has 5 heteroatoms. The van der Waals surface area contributed by atoms with Gasteiger partial charge in [-0.3, -0.25) is 4.79 Å². The highest BCUT2D eigenvalue weighted by Crippen LogP contribution is 2.67. The highest BCUT2D eigenvalue weighted by Gasteiger charge is 2.65. The maximum atomic E-state index is 13.4. The summed E-state index contributed by atoms with van der Waals surface area (Å²) in [4.78, 5) is 15.2. The van der Waals surface area contributed by atoms with E-state index in [2.05, 4.69) is 20.8 Å². The summed E-state index contributed by atoms with van der Waals surface area (Å²) in [6.45, 7) is 6.82. The van der Waals surface area contributed by atoms with Crippen molar-refractivity contribution in [1.29, 1.82) is 0 Å². The predicted molar refractivity (Wildman–Crippen MR) is 132 cm³/mol. The number of methoxy groups -OCH3 is 2. The monoisotopic (exact) mass is 461 g/mol. The predicted octanol–water partition coefficient (Wildman–Crippen LogP) is 5.47. The normalized spacial score (nSPS) is 34.0. The Morgan fingerprint density at radius 2 is 1.68 bits per heavy atom. The number of amides is 1. The summed E-state index contributed by atoms with van der Waals surface area (Å²) in [5, 5.41) is 0. The van der Waals surface area contributed by atoms with Gasteiger partial charge < -0.3 is 19.1 Å². The Labute approximate surface area is 202 Å². The lowest BCUT2D eigenvalue weighted by molar-refractivity contribution is -0.205. The fraction of sp³-hybridized carbons (Fsp3) is 0.483. The van der Waals surface area contributed by atoms with Gasteiger partial charge >= 0.3 is 0 Å². The van der Waals surface area contributed by atoms with Crippen molar-refractivity contribution in [2.45, 2.75) is 57.5 Å². The Balaban J connectivity index is 1.41. The molecule has 5 nitrogen and oxygen atoms in total. The maximum absolute atomic E-state index is 13.4. The molecule has 5 rings (SSSR count). The Bertz CT molecular complexity index is 1060. The fourth-order valence-electron chi connectivity index (χ4n) is 6.02. The van der Waals surface area contributed by atoms with Crippen molar-refractivity contribution in [2.75, 3.05) is 14.2 Å². The first-order chi connectivity index (χ1) is 16.3. The quantitative estimate of drug-likeness (QED) is 0.513. The molecule has 1 heterocycles. The molecule has 0 radical (unpaired) electrons. The van der Waals surface area contributed by atoms with Crippen LogP contribution in [0.5, 0.6) is 5.75 Å². The summed E-state index contributed by atoms with van der Waals surface area (Å²) in [6.07, 6.45) is 5.10. The summed E-state index contributed by atoms with van der Waals surface area (Å²) in [7, 11) is 3.43. The molecular formula is C29H35NO4. The lowest BCUT2D eigenvalue weighted by Gasteiger charge is -2.49. The lowest BCUT2D eigenvalue weighted by Crippen LogP contribution is -2.60. The number of ether oxygens (including phenoxy) is 3. The zero-order chi connectivity index (χ0) is 24.1. The molecular weight excluding hydrogens is 426 g/mol. The van der Waals surface area contributed by atoms with Crippen LogP contribution in [0.25, 0.3) is 6.08 Å². The molecule has 0 unspecified atom stereocenters. The topological polar surface area (TPSA) is 48.0 Å². The summed E-state index contributed by atoms with van der Waals surface area (Å²) in [6, 6.07) is 17.7. The van der Waals surface area contributed by atoms with E-state index in [0.717, 1.165) is 29.7 Å². The number of hydrogen-bond acceptors (Lipinski definition) is 4. The zero-order valence-electron chi connectivity index (χ0n) is 20.7. The molecule has 2 aromatic carbocycles. The fourth-order valence-corrected chi connectivity index (χ4v) is 6.02. The maximum Gasteiger partial charge on any atom is 0.258 e. The average Bonchev–Trinajstić information content (AvgIpc) is 3.38. The number of carbonyl (C=O) groups is 1. The van der Waals surface area contributed by atoms with Gasteiger partial charge in [-0.25, -0.2) is 0 Å². The number of likely N-dealkylation sites (tertiary alicyclic amines) is 1. The molecule has 0 aromatic heterocycles. The molecule has 3 fully saturated rings. The second-order valence-electron chi connectivity index (χ2n) is 10.7. The SMILES string of the molecule is COc1ccc([C@@H]2[C@H](O[C@@H]3C[C@@H]4[C@H](C[C@@]3(C)OC)C4(C)C)C(=O)N2/C=C/c2ccccc2)cc1. The Kier molecular flexibility index (Phi) is 5.81. The van der Waals surface area contributed by atoms with Gasteiger partial charge in [-0.2, -0.15) is 0 Å². The van der Waals surface area contributed by atoms with Crippen molar-refractivity contribution in [2.24, 2.45) is 17.3 Å². The molecule has 0 spiro atoms. The first-order valence-electron chi connectivity index (χ1n) is 12.2. The summed E-state index contributed by atoms with van der Waals surface area (Å²) in [5.41, 5.74) is 2.01. The zero-order valence-corrected chi connectivity index (χ0v) is 20.7. The Morgan fingerprint density at radius 3 is 2.32 bits per heavy atom. The van der Waals surface area contributed by atoms with E-state index in [9.17, 15) is 4.79 Å². The number of rotatable bonds is 7. The Morgan fingerprint density at radius 1 is 0.971 bits per heavy atom. The van der Waals surface area contributed by atoms with Crippen LogP contribution in [0, 0.1) is 17.3 Å². The first-order valence-corrected chi connectivity index (χ1v) is 12.2. The van der Waals surface area contributed by atoms with Gasteiger partial charge in [0.05, 0.1) is 24.9 Å². The Hall–Kier alpha value is -2.63. The minimum Gasteiger partial charge on any atom is -0.497 e. The van der Waals surface area contributed by atoms with Crippen LogP contribution in [0.3, 0.4) is 0 Å². The molecule has 1 amide bonds. The number of hydrogen-bond donors (Lipinski definition) is 0. The van der Waals surface area contributed by atoms with Gasteiger partial charge in [-0.15, -0.1) is 0 Å². The van der Waals surface area contributed by atoms with Crippen LogP contribution in [-0.4, -0.2) is 42.8 Å². The third-order valence-corrected chi connectivity index (χ3v) is 8.61. The van der Waals surface area contributed by atoms with Gasteiger partial charge in [0.2, 0.25) is 0 Å². The van der Waals surface area contributed by atoms with Gasteiger partial charge in [0, 0.05) is 13.3 Å². The lowest BCUT2D eigenvalue weighted by atomic mass is 9.82. The van der Waals surface area contributed by atoms with Crippen LogP contribution in [0.1, 0.15) is 50.8 Å². The minimum atomic E-state index is -0.535. The van der Waals surface area contributed by atoms with Crippen LogP contribution in [-0.2, 0) is 14.3 Å². The van der Waals surface area contributed by atoms with E-state index in [-0.39, 0.29) is 23.7 Å². The van der Waals surface area contributed by atoms with Crippen LogP contribution < -0.4 is 4.74 Å². The van der Waals surface area contributed by atoms with Gasteiger partial charge in [0.15, 0.2) is 6.10 Å². The van der Waals surface area contributed by atoms with E-state index in [1.54, 1.807) is 19.1 Å². The van der Waals surface area contributed by atoms with Crippen molar-refractivity contribution >= 4 is 12.0 Å². The first kappa shape index (κ1) is 23.1. The summed E-state index contributed by atoms with van der Waals surface area (Å²) >= 11 is 0. The third kappa shape index (κ3) is 3.85. The smallest absolute Gasteiger partial charge is 0.258 e. The molecule has 34 heavy (non-hydrogen) atoms. The van der Waals surface area contributed by atoms with Crippen molar-refractivity contribution in [3.05, 3.63) is 71.9 Å². The van der Waals surface area contributed by atoms with Gasteiger partial charge in [0.1, 0.15) is 5.75 Å². The van der Waals surface area contributed by atoms with Crippen molar-refractivity contribution < 1.29 is 19.0 Å². The average molecular weight is 462 g/mol. The molecule has 6 atom stereocenters. The minimum absolute atomic E-state index is 0.0105. The third-order valence-electron chi connectivity index (χ3n) is 8.61. The largest absolute Gasteiger partial charge is 0.497 e. The molecule has 3 aliphatic rings. The van der Waals surface area contributed by atoms with E-state index in [1.165, 1.54) is 0 Å². The number of nitrogens with zero attached hydrogens (tertiary/aromatic N) is 1. The van der Waals surface area contributed by atoms with E-state index in [0.29, 0.717) is 17.3 Å². The van der Waals surface area contributed by atoms with Gasteiger partial charge in [-0.05, 0) is 66.4 Å². The number of benzene rings is 2. The second-order valence-corrected chi connectivity index (χ2v) is 10.7. The molecule has 0 N–H and O–H groups in total. The summed E-state index contributed by atoms with van der Waals surface area (Å²) < 4.78 is 18.0. The van der Waals surface area contributed by atoms with E-state index >= 15 is 0 Å². The molecule has 2 aliphatic carbocycles. The second kappa shape index (κ2) is 8.54. The van der Waals surface area contributed by atoms with Crippen LogP contribution in [0.15, 0.2) is 60.8 Å². The van der Waals surface area contributed by atoms with E-state index in [4.69, 9.17) is 14.2 Å².